The van der Waals surface area contributed by atoms with Crippen LogP contribution in [0.15, 0.2) is 48.5 Å². The number of benzene rings is 2. The van der Waals surface area contributed by atoms with Crippen molar-refractivity contribution in [2.75, 3.05) is 25.1 Å². The highest BCUT2D eigenvalue weighted by Crippen LogP contribution is 2.37. The number of amides is 2. The highest BCUT2D eigenvalue weighted by Gasteiger charge is 2.43. The lowest BCUT2D eigenvalue weighted by molar-refractivity contribution is -0.125. The van der Waals surface area contributed by atoms with Gasteiger partial charge in [-0.3, -0.25) is 9.59 Å². The third kappa shape index (κ3) is 4.25. The lowest BCUT2D eigenvalue weighted by Crippen LogP contribution is -2.45. The maximum atomic E-state index is 14.4. The van der Waals surface area contributed by atoms with E-state index >= 15 is 0 Å². The fourth-order valence-electron chi connectivity index (χ4n) is 3.23. The van der Waals surface area contributed by atoms with E-state index in [1.165, 1.54) is 6.07 Å². The van der Waals surface area contributed by atoms with Gasteiger partial charge in [-0.2, -0.15) is 0 Å². The zero-order valence-corrected chi connectivity index (χ0v) is 14.7. The summed E-state index contributed by atoms with van der Waals surface area (Å²) in [5.41, 5.74) is 4.99. The largest absolute Gasteiger partial charge is 0.484 e. The van der Waals surface area contributed by atoms with Crippen LogP contribution in [0.1, 0.15) is 18.4 Å². The molecule has 1 fully saturated rings. The van der Waals surface area contributed by atoms with E-state index in [-0.39, 0.29) is 12.5 Å². The van der Waals surface area contributed by atoms with Crippen molar-refractivity contribution in [3.05, 3.63) is 59.9 Å². The average molecular weight is 372 g/mol. The zero-order chi connectivity index (χ0) is 19.3. The number of hydrogen-bond acceptors (Lipinski definition) is 4. The minimum Gasteiger partial charge on any atom is -0.484 e. The predicted molar refractivity (Wildman–Crippen MR) is 97.9 cm³/mol. The molecule has 1 aliphatic rings. The summed E-state index contributed by atoms with van der Waals surface area (Å²) in [6.07, 6.45) is 0.805. The Hall–Kier alpha value is -2.93. The quantitative estimate of drug-likeness (QED) is 0.815. The molecule has 0 spiro atoms. The number of rotatable bonds is 6. The molecular formula is C20H21FN2O4. The molecule has 1 heterocycles. The maximum Gasteiger partial charge on any atom is 0.255 e. The number of hydrogen-bond donors (Lipinski definition) is 2. The van der Waals surface area contributed by atoms with E-state index in [4.69, 9.17) is 15.2 Å². The van der Waals surface area contributed by atoms with E-state index < -0.39 is 17.1 Å². The van der Waals surface area contributed by atoms with Gasteiger partial charge in [0.1, 0.15) is 11.6 Å². The summed E-state index contributed by atoms with van der Waals surface area (Å²) < 4.78 is 25.0. The van der Waals surface area contributed by atoms with Crippen molar-refractivity contribution in [3.63, 3.8) is 0 Å². The van der Waals surface area contributed by atoms with Crippen LogP contribution in [0.25, 0.3) is 0 Å². The van der Waals surface area contributed by atoms with Crippen LogP contribution < -0.4 is 15.8 Å². The molecule has 0 aromatic heterocycles. The van der Waals surface area contributed by atoms with Gasteiger partial charge in [-0.25, -0.2) is 4.39 Å². The summed E-state index contributed by atoms with van der Waals surface area (Å²) in [5.74, 6) is -0.785. The second-order valence-corrected chi connectivity index (χ2v) is 6.41. The highest BCUT2D eigenvalue weighted by molar-refractivity contribution is 5.99. The first kappa shape index (κ1) is 18.8. The van der Waals surface area contributed by atoms with Crippen LogP contribution in [0.2, 0.25) is 0 Å². The first-order chi connectivity index (χ1) is 13.0. The van der Waals surface area contributed by atoms with E-state index in [0.717, 1.165) is 0 Å². The fraction of sp³-hybridized carbons (Fsp3) is 0.300. The summed E-state index contributed by atoms with van der Waals surface area (Å²) in [7, 11) is 0. The van der Waals surface area contributed by atoms with Gasteiger partial charge in [0.25, 0.3) is 5.91 Å². The van der Waals surface area contributed by atoms with Crippen molar-refractivity contribution < 1.29 is 23.5 Å². The molecule has 2 aromatic carbocycles. The first-order valence-corrected chi connectivity index (χ1v) is 8.67. The van der Waals surface area contributed by atoms with Crippen molar-refractivity contribution in [2.24, 2.45) is 5.73 Å². The summed E-state index contributed by atoms with van der Waals surface area (Å²) in [5, 5.41) is 2.86. The van der Waals surface area contributed by atoms with E-state index in [0.29, 0.717) is 43.1 Å². The minimum atomic E-state index is -0.981. The second kappa shape index (κ2) is 8.18. The Bertz CT molecular complexity index is 817. The molecular weight excluding hydrogens is 351 g/mol. The number of halogens is 1. The number of carbonyl (C=O) groups excluding carboxylic acids is 2. The Balaban J connectivity index is 1.79. The van der Waals surface area contributed by atoms with E-state index in [1.54, 1.807) is 42.5 Å². The Morgan fingerprint density at radius 3 is 2.41 bits per heavy atom. The number of primary amides is 1. The molecule has 6 nitrogen and oxygen atoms in total. The first-order valence-electron chi connectivity index (χ1n) is 8.67. The van der Waals surface area contributed by atoms with Crippen molar-refractivity contribution in [1.82, 2.24) is 0 Å². The summed E-state index contributed by atoms with van der Waals surface area (Å²) >= 11 is 0. The Kier molecular flexibility index (Phi) is 5.71. The molecule has 0 radical (unpaired) electrons. The van der Waals surface area contributed by atoms with Gasteiger partial charge in [-0.05, 0) is 43.2 Å². The monoisotopic (exact) mass is 372 g/mol. The molecule has 0 saturated carbocycles. The van der Waals surface area contributed by atoms with Gasteiger partial charge in [-0.15, -0.1) is 0 Å². The summed E-state index contributed by atoms with van der Waals surface area (Å²) in [4.78, 5) is 23.9. The second-order valence-electron chi connectivity index (χ2n) is 6.41. The molecule has 0 unspecified atom stereocenters. The van der Waals surface area contributed by atoms with Crippen LogP contribution >= 0.6 is 0 Å². The smallest absolute Gasteiger partial charge is 0.255 e. The average Bonchev–Trinajstić information content (AvgIpc) is 2.68. The normalized spacial score (nSPS) is 15.7. The van der Waals surface area contributed by atoms with Crippen LogP contribution in [-0.4, -0.2) is 31.6 Å². The fourth-order valence-corrected chi connectivity index (χ4v) is 3.23. The number of ether oxygens (including phenoxy) is 2. The van der Waals surface area contributed by atoms with E-state index in [1.807, 2.05) is 0 Å². The van der Waals surface area contributed by atoms with E-state index in [2.05, 4.69) is 5.32 Å². The Labute approximate surface area is 156 Å². The molecule has 7 heteroatoms. The highest BCUT2D eigenvalue weighted by atomic mass is 19.1. The topological polar surface area (TPSA) is 90.7 Å². The standard InChI is InChI=1S/C20H21FN2O4/c21-17-4-2-1-3-16(17)20(9-11-26-12-10-20)19(25)23-14-5-7-15(8-6-14)27-13-18(22)24/h1-8H,9-13H2,(H2,22,24)(H,23,25). The molecule has 0 bridgehead atoms. The van der Waals surface area contributed by atoms with E-state index in [9.17, 15) is 14.0 Å². The van der Waals surface area contributed by atoms with Gasteiger partial charge in [-0.1, -0.05) is 18.2 Å². The third-order valence-electron chi connectivity index (χ3n) is 4.66. The number of carbonyl (C=O) groups is 2. The van der Waals surface area contributed by atoms with Crippen LogP contribution in [0, 0.1) is 5.82 Å². The molecule has 27 heavy (non-hydrogen) atoms. The van der Waals surface area contributed by atoms with Gasteiger partial charge < -0.3 is 20.5 Å². The van der Waals surface area contributed by atoms with Crippen molar-refractivity contribution >= 4 is 17.5 Å². The third-order valence-corrected chi connectivity index (χ3v) is 4.66. The van der Waals surface area contributed by atoms with Crippen LogP contribution in [0.3, 0.4) is 0 Å². The molecule has 2 amide bonds. The van der Waals surface area contributed by atoms with Crippen LogP contribution in [-0.2, 0) is 19.7 Å². The van der Waals surface area contributed by atoms with Gasteiger partial charge in [0.05, 0.1) is 5.41 Å². The molecule has 1 aliphatic heterocycles. The predicted octanol–water partition coefficient (Wildman–Crippen LogP) is 2.38. The van der Waals surface area contributed by atoms with Gasteiger partial charge in [0, 0.05) is 24.5 Å². The van der Waals surface area contributed by atoms with Crippen molar-refractivity contribution in [1.29, 1.82) is 0 Å². The molecule has 2 aromatic rings. The van der Waals surface area contributed by atoms with Crippen molar-refractivity contribution in [3.8, 4) is 5.75 Å². The van der Waals surface area contributed by atoms with Crippen LogP contribution in [0.4, 0.5) is 10.1 Å². The summed E-state index contributed by atoms with van der Waals surface area (Å²) in [6.45, 7) is 0.561. The SMILES string of the molecule is NC(=O)COc1ccc(NC(=O)C2(c3ccccc3F)CCOCC2)cc1. The lowest BCUT2D eigenvalue weighted by Gasteiger charge is -2.36. The Morgan fingerprint density at radius 2 is 1.78 bits per heavy atom. The zero-order valence-electron chi connectivity index (χ0n) is 14.7. The molecule has 0 atom stereocenters. The Morgan fingerprint density at radius 1 is 1.11 bits per heavy atom. The lowest BCUT2D eigenvalue weighted by atomic mass is 9.73. The summed E-state index contributed by atoms with van der Waals surface area (Å²) in [6, 6.07) is 12.9. The van der Waals surface area contributed by atoms with Crippen LogP contribution in [0.5, 0.6) is 5.75 Å². The molecule has 3 rings (SSSR count). The number of nitrogens with one attached hydrogen (secondary N) is 1. The van der Waals surface area contributed by atoms with Gasteiger partial charge in [0.15, 0.2) is 6.61 Å². The maximum absolute atomic E-state index is 14.4. The molecule has 1 saturated heterocycles. The number of nitrogens with two attached hydrogens (primary N) is 1. The van der Waals surface area contributed by atoms with Gasteiger partial charge >= 0.3 is 0 Å². The molecule has 142 valence electrons. The minimum absolute atomic E-state index is 0.220. The molecule has 0 aliphatic carbocycles. The van der Waals surface area contributed by atoms with Crippen molar-refractivity contribution in [2.45, 2.75) is 18.3 Å². The number of anilines is 1. The molecule has 3 N–H and O–H groups in total. The van der Waals surface area contributed by atoms with Gasteiger partial charge in [0.2, 0.25) is 5.91 Å².